The SMILES string of the molecule is C=C(C)CNC(=O)c1ccc([C@@H]2CCCN2)s1. The molecule has 0 radical (unpaired) electrons. The lowest BCUT2D eigenvalue weighted by atomic mass is 10.2. The van der Waals surface area contributed by atoms with Gasteiger partial charge < -0.3 is 10.6 Å². The smallest absolute Gasteiger partial charge is 0.261 e. The third-order valence-electron chi connectivity index (χ3n) is 2.81. The summed E-state index contributed by atoms with van der Waals surface area (Å²) in [6.45, 7) is 7.31. The molecule has 2 rings (SSSR count). The van der Waals surface area contributed by atoms with Gasteiger partial charge in [0.2, 0.25) is 0 Å². The van der Waals surface area contributed by atoms with Gasteiger partial charge in [0.05, 0.1) is 4.88 Å². The van der Waals surface area contributed by atoms with E-state index >= 15 is 0 Å². The fourth-order valence-corrected chi connectivity index (χ4v) is 2.94. The van der Waals surface area contributed by atoms with Crippen LogP contribution in [0.4, 0.5) is 0 Å². The minimum absolute atomic E-state index is 0.00208. The number of amides is 1. The summed E-state index contributed by atoms with van der Waals surface area (Å²) in [5.41, 5.74) is 0.965. The summed E-state index contributed by atoms with van der Waals surface area (Å²) in [4.78, 5) is 13.9. The van der Waals surface area contributed by atoms with Crippen LogP contribution >= 0.6 is 11.3 Å². The van der Waals surface area contributed by atoms with Crippen molar-refractivity contribution in [2.75, 3.05) is 13.1 Å². The Hall–Kier alpha value is -1.13. The molecule has 0 bridgehead atoms. The average Bonchev–Trinajstić information content (AvgIpc) is 2.94. The highest BCUT2D eigenvalue weighted by molar-refractivity contribution is 7.14. The normalized spacial score (nSPS) is 19.2. The van der Waals surface area contributed by atoms with E-state index in [4.69, 9.17) is 0 Å². The highest BCUT2D eigenvalue weighted by atomic mass is 32.1. The quantitative estimate of drug-likeness (QED) is 0.806. The fourth-order valence-electron chi connectivity index (χ4n) is 1.91. The molecule has 0 unspecified atom stereocenters. The summed E-state index contributed by atoms with van der Waals surface area (Å²) in [6.07, 6.45) is 2.40. The van der Waals surface area contributed by atoms with E-state index in [9.17, 15) is 4.79 Å². The summed E-state index contributed by atoms with van der Waals surface area (Å²) >= 11 is 1.59. The van der Waals surface area contributed by atoms with Crippen molar-refractivity contribution in [1.29, 1.82) is 0 Å². The molecule has 4 heteroatoms. The summed E-state index contributed by atoms with van der Waals surface area (Å²) in [7, 11) is 0. The van der Waals surface area contributed by atoms with E-state index in [0.29, 0.717) is 12.6 Å². The van der Waals surface area contributed by atoms with E-state index in [0.717, 1.165) is 17.0 Å². The molecule has 1 aliphatic rings. The van der Waals surface area contributed by atoms with Crippen LogP contribution in [0, 0.1) is 0 Å². The van der Waals surface area contributed by atoms with Crippen LogP contribution in [0.3, 0.4) is 0 Å². The van der Waals surface area contributed by atoms with Gasteiger partial charge >= 0.3 is 0 Å². The lowest BCUT2D eigenvalue weighted by Crippen LogP contribution is -2.23. The average molecular weight is 250 g/mol. The lowest BCUT2D eigenvalue weighted by molar-refractivity contribution is 0.0961. The van der Waals surface area contributed by atoms with Crippen LogP contribution in [0.15, 0.2) is 24.3 Å². The van der Waals surface area contributed by atoms with Crippen molar-refractivity contribution in [2.24, 2.45) is 0 Å². The first-order valence-electron chi connectivity index (χ1n) is 5.92. The summed E-state index contributed by atoms with van der Waals surface area (Å²) in [6, 6.07) is 4.42. The van der Waals surface area contributed by atoms with Gasteiger partial charge in [0, 0.05) is 17.5 Å². The molecule has 2 heterocycles. The van der Waals surface area contributed by atoms with Crippen LogP contribution in [0.5, 0.6) is 0 Å². The molecule has 3 nitrogen and oxygen atoms in total. The summed E-state index contributed by atoms with van der Waals surface area (Å²) in [5.74, 6) is 0.00208. The summed E-state index contributed by atoms with van der Waals surface area (Å²) in [5, 5.41) is 6.29. The number of nitrogens with one attached hydrogen (secondary N) is 2. The molecule has 0 saturated carbocycles. The zero-order valence-electron chi connectivity index (χ0n) is 10.1. The van der Waals surface area contributed by atoms with Gasteiger partial charge in [-0.15, -0.1) is 11.3 Å². The van der Waals surface area contributed by atoms with Gasteiger partial charge in [-0.05, 0) is 38.4 Å². The van der Waals surface area contributed by atoms with E-state index in [1.54, 1.807) is 11.3 Å². The Bertz CT molecular complexity index is 419. The molecule has 1 fully saturated rings. The van der Waals surface area contributed by atoms with Crippen molar-refractivity contribution in [1.82, 2.24) is 10.6 Å². The van der Waals surface area contributed by atoms with Crippen molar-refractivity contribution in [3.8, 4) is 0 Å². The van der Waals surface area contributed by atoms with E-state index in [-0.39, 0.29) is 5.91 Å². The zero-order chi connectivity index (χ0) is 12.3. The molecular formula is C13H18N2OS. The second-order valence-corrected chi connectivity index (χ2v) is 5.61. The van der Waals surface area contributed by atoms with Crippen molar-refractivity contribution < 1.29 is 4.79 Å². The van der Waals surface area contributed by atoms with Crippen molar-refractivity contribution in [3.63, 3.8) is 0 Å². The van der Waals surface area contributed by atoms with Crippen LogP contribution in [0.1, 0.15) is 40.4 Å². The van der Waals surface area contributed by atoms with E-state index in [1.807, 2.05) is 13.0 Å². The van der Waals surface area contributed by atoms with Gasteiger partial charge in [-0.2, -0.15) is 0 Å². The fraction of sp³-hybridized carbons (Fsp3) is 0.462. The standard InChI is InChI=1S/C13H18N2OS/c1-9(2)8-15-13(16)12-6-5-11(17-12)10-4-3-7-14-10/h5-6,10,14H,1,3-4,7-8H2,2H3,(H,15,16)/t10-/m0/s1. The minimum atomic E-state index is 0.00208. The van der Waals surface area contributed by atoms with Gasteiger partial charge in [0.25, 0.3) is 5.91 Å². The molecule has 2 N–H and O–H groups in total. The van der Waals surface area contributed by atoms with E-state index in [2.05, 4.69) is 23.3 Å². The first-order chi connectivity index (χ1) is 8.16. The number of hydrogen-bond acceptors (Lipinski definition) is 3. The second-order valence-electron chi connectivity index (χ2n) is 4.49. The minimum Gasteiger partial charge on any atom is -0.348 e. The van der Waals surface area contributed by atoms with Crippen molar-refractivity contribution >= 4 is 17.2 Å². The van der Waals surface area contributed by atoms with Gasteiger partial charge in [-0.25, -0.2) is 0 Å². The van der Waals surface area contributed by atoms with Crippen molar-refractivity contribution in [3.05, 3.63) is 34.0 Å². The van der Waals surface area contributed by atoms with Gasteiger partial charge in [0.1, 0.15) is 0 Å². The topological polar surface area (TPSA) is 41.1 Å². The van der Waals surface area contributed by atoms with E-state index in [1.165, 1.54) is 17.7 Å². The van der Waals surface area contributed by atoms with Crippen LogP contribution in [0.25, 0.3) is 0 Å². The maximum Gasteiger partial charge on any atom is 0.261 e. The number of carbonyl (C=O) groups is 1. The first kappa shape index (κ1) is 12.3. The largest absolute Gasteiger partial charge is 0.348 e. The molecule has 1 aliphatic heterocycles. The molecule has 0 aromatic carbocycles. The Balaban J connectivity index is 1.97. The molecule has 0 spiro atoms. The maximum absolute atomic E-state index is 11.8. The highest BCUT2D eigenvalue weighted by Crippen LogP contribution is 2.29. The van der Waals surface area contributed by atoms with Crippen LogP contribution in [-0.4, -0.2) is 19.0 Å². The van der Waals surface area contributed by atoms with Gasteiger partial charge in [-0.1, -0.05) is 12.2 Å². The van der Waals surface area contributed by atoms with Gasteiger partial charge in [-0.3, -0.25) is 4.79 Å². The number of rotatable bonds is 4. The predicted molar refractivity (Wildman–Crippen MR) is 71.4 cm³/mol. The third kappa shape index (κ3) is 3.17. The number of carbonyl (C=O) groups excluding carboxylic acids is 1. The Labute approximate surface area is 106 Å². The molecule has 1 amide bonds. The van der Waals surface area contributed by atoms with Crippen LogP contribution in [0.2, 0.25) is 0 Å². The monoisotopic (exact) mass is 250 g/mol. The third-order valence-corrected chi connectivity index (χ3v) is 4.00. The molecule has 17 heavy (non-hydrogen) atoms. The highest BCUT2D eigenvalue weighted by Gasteiger charge is 2.19. The molecule has 1 aromatic heterocycles. The Morgan fingerprint density at radius 1 is 1.65 bits per heavy atom. The zero-order valence-corrected chi connectivity index (χ0v) is 10.9. The lowest BCUT2D eigenvalue weighted by Gasteiger charge is -2.06. The first-order valence-corrected chi connectivity index (χ1v) is 6.74. The Morgan fingerprint density at radius 3 is 3.12 bits per heavy atom. The van der Waals surface area contributed by atoms with E-state index < -0.39 is 0 Å². The van der Waals surface area contributed by atoms with Gasteiger partial charge in [0.15, 0.2) is 0 Å². The molecule has 1 aromatic rings. The second kappa shape index (κ2) is 5.47. The maximum atomic E-state index is 11.8. The molecule has 92 valence electrons. The molecule has 0 aliphatic carbocycles. The molecule has 1 saturated heterocycles. The van der Waals surface area contributed by atoms with Crippen molar-refractivity contribution in [2.45, 2.75) is 25.8 Å². The summed E-state index contributed by atoms with van der Waals surface area (Å²) < 4.78 is 0. The molecular weight excluding hydrogens is 232 g/mol. The number of thiophene rings is 1. The number of hydrogen-bond donors (Lipinski definition) is 2. The predicted octanol–water partition coefficient (Wildman–Crippen LogP) is 2.48. The van der Waals surface area contributed by atoms with Crippen LogP contribution in [-0.2, 0) is 0 Å². The Kier molecular flexibility index (Phi) is 3.97. The Morgan fingerprint density at radius 2 is 2.47 bits per heavy atom. The van der Waals surface area contributed by atoms with Crippen LogP contribution < -0.4 is 10.6 Å². The molecule has 1 atom stereocenters.